The molecule has 0 bridgehead atoms. The topological polar surface area (TPSA) is 87.3 Å². The molecule has 9 heteroatoms. The predicted molar refractivity (Wildman–Crippen MR) is 95.0 cm³/mol. The SMILES string of the molecule is Nc1ncccc1C(=O)c1nc(OCCC2CCOCC2)ccc1C(F)(F)F. The van der Waals surface area contributed by atoms with Crippen molar-refractivity contribution in [1.82, 2.24) is 9.97 Å². The van der Waals surface area contributed by atoms with Crippen LogP contribution in [0.4, 0.5) is 19.0 Å². The fraction of sp³-hybridized carbons (Fsp3) is 0.421. The molecule has 0 atom stereocenters. The van der Waals surface area contributed by atoms with Gasteiger partial charge in [-0.3, -0.25) is 4.79 Å². The quantitative estimate of drug-likeness (QED) is 0.754. The first kappa shape index (κ1) is 20.1. The highest BCUT2D eigenvalue weighted by Crippen LogP contribution is 2.34. The zero-order valence-corrected chi connectivity index (χ0v) is 15.0. The molecule has 1 aliphatic heterocycles. The van der Waals surface area contributed by atoms with E-state index in [1.54, 1.807) is 0 Å². The van der Waals surface area contributed by atoms with Crippen LogP contribution in [0, 0.1) is 5.92 Å². The van der Waals surface area contributed by atoms with Gasteiger partial charge in [0, 0.05) is 25.5 Å². The number of ether oxygens (including phenoxy) is 2. The molecule has 3 heterocycles. The second-order valence-electron chi connectivity index (χ2n) is 6.50. The van der Waals surface area contributed by atoms with E-state index in [1.807, 2.05) is 0 Å². The number of rotatable bonds is 6. The van der Waals surface area contributed by atoms with E-state index < -0.39 is 23.2 Å². The van der Waals surface area contributed by atoms with E-state index >= 15 is 0 Å². The average molecular weight is 395 g/mol. The maximum Gasteiger partial charge on any atom is 0.418 e. The minimum Gasteiger partial charge on any atom is -0.478 e. The summed E-state index contributed by atoms with van der Waals surface area (Å²) in [6, 6.07) is 4.66. The Hall–Kier alpha value is -2.68. The molecule has 28 heavy (non-hydrogen) atoms. The van der Waals surface area contributed by atoms with E-state index in [2.05, 4.69) is 9.97 Å². The van der Waals surface area contributed by atoms with Crippen LogP contribution >= 0.6 is 0 Å². The molecule has 0 spiro atoms. The molecule has 0 radical (unpaired) electrons. The van der Waals surface area contributed by atoms with Gasteiger partial charge in [0.1, 0.15) is 11.5 Å². The summed E-state index contributed by atoms with van der Waals surface area (Å²) in [5.41, 5.74) is 3.60. The normalized spacial score (nSPS) is 15.4. The van der Waals surface area contributed by atoms with Crippen LogP contribution in [0.25, 0.3) is 0 Å². The van der Waals surface area contributed by atoms with Crippen LogP contribution in [0.1, 0.15) is 40.9 Å². The molecule has 2 aromatic rings. The number of aromatic nitrogens is 2. The van der Waals surface area contributed by atoms with Gasteiger partial charge >= 0.3 is 6.18 Å². The summed E-state index contributed by atoms with van der Waals surface area (Å²) in [6.07, 6.45) is -0.803. The molecule has 150 valence electrons. The second kappa shape index (κ2) is 8.55. The molecule has 2 aromatic heterocycles. The summed E-state index contributed by atoms with van der Waals surface area (Å²) in [4.78, 5) is 20.2. The fourth-order valence-electron chi connectivity index (χ4n) is 3.03. The lowest BCUT2D eigenvalue weighted by atomic mass is 9.97. The van der Waals surface area contributed by atoms with Crippen molar-refractivity contribution in [3.63, 3.8) is 0 Å². The molecule has 0 aromatic carbocycles. The zero-order valence-electron chi connectivity index (χ0n) is 15.0. The fourth-order valence-corrected chi connectivity index (χ4v) is 3.03. The maximum absolute atomic E-state index is 13.4. The molecule has 6 nitrogen and oxygen atoms in total. The van der Waals surface area contributed by atoms with E-state index in [0.29, 0.717) is 25.7 Å². The van der Waals surface area contributed by atoms with Crippen molar-refractivity contribution in [3.05, 3.63) is 47.3 Å². The Labute approximate surface area is 159 Å². The van der Waals surface area contributed by atoms with Crippen molar-refractivity contribution in [2.24, 2.45) is 5.92 Å². The van der Waals surface area contributed by atoms with Crippen molar-refractivity contribution < 1.29 is 27.4 Å². The number of nitrogen functional groups attached to an aromatic ring is 1. The molecule has 3 rings (SSSR count). The molecule has 2 N–H and O–H groups in total. The number of nitrogens with zero attached hydrogens (tertiary/aromatic N) is 2. The molecule has 0 saturated carbocycles. The van der Waals surface area contributed by atoms with Gasteiger partial charge in [0.05, 0.1) is 17.7 Å². The van der Waals surface area contributed by atoms with Gasteiger partial charge in [-0.1, -0.05) is 0 Å². The maximum atomic E-state index is 13.4. The lowest BCUT2D eigenvalue weighted by Gasteiger charge is -2.21. The highest BCUT2D eigenvalue weighted by molar-refractivity contribution is 6.11. The van der Waals surface area contributed by atoms with Gasteiger partial charge in [0.2, 0.25) is 11.7 Å². The summed E-state index contributed by atoms with van der Waals surface area (Å²) < 4.78 is 50.9. The highest BCUT2D eigenvalue weighted by atomic mass is 19.4. The van der Waals surface area contributed by atoms with Crippen LogP contribution in [0.5, 0.6) is 5.88 Å². The Morgan fingerprint density at radius 2 is 2.00 bits per heavy atom. The van der Waals surface area contributed by atoms with Crippen LogP contribution < -0.4 is 10.5 Å². The van der Waals surface area contributed by atoms with Gasteiger partial charge in [-0.2, -0.15) is 13.2 Å². The number of pyridine rings is 2. The third-order valence-electron chi connectivity index (χ3n) is 4.59. The number of carbonyl (C=O) groups is 1. The highest BCUT2D eigenvalue weighted by Gasteiger charge is 2.37. The molecule has 0 unspecified atom stereocenters. The van der Waals surface area contributed by atoms with E-state index in [1.165, 1.54) is 18.3 Å². The average Bonchev–Trinajstić information content (AvgIpc) is 2.68. The van der Waals surface area contributed by atoms with E-state index in [9.17, 15) is 18.0 Å². The van der Waals surface area contributed by atoms with Gasteiger partial charge in [0.15, 0.2) is 0 Å². The number of hydrogen-bond acceptors (Lipinski definition) is 6. The third-order valence-corrected chi connectivity index (χ3v) is 4.59. The van der Waals surface area contributed by atoms with Gasteiger partial charge < -0.3 is 15.2 Å². The predicted octanol–water partition coefficient (Wildman–Crippen LogP) is 3.50. The summed E-state index contributed by atoms with van der Waals surface area (Å²) in [7, 11) is 0. The summed E-state index contributed by atoms with van der Waals surface area (Å²) >= 11 is 0. The summed E-state index contributed by atoms with van der Waals surface area (Å²) in [5.74, 6) is -0.702. The van der Waals surface area contributed by atoms with Crippen LogP contribution in [-0.2, 0) is 10.9 Å². The Morgan fingerprint density at radius 3 is 2.68 bits per heavy atom. The Kier molecular flexibility index (Phi) is 6.13. The number of carbonyl (C=O) groups excluding carboxylic acids is 1. The molecular formula is C19H20F3N3O3. The van der Waals surface area contributed by atoms with E-state index in [4.69, 9.17) is 15.2 Å². The van der Waals surface area contributed by atoms with Crippen molar-refractivity contribution in [2.45, 2.75) is 25.4 Å². The number of ketones is 1. The summed E-state index contributed by atoms with van der Waals surface area (Å²) in [6.45, 7) is 1.70. The lowest BCUT2D eigenvalue weighted by Crippen LogP contribution is -2.19. The molecule has 1 aliphatic rings. The Balaban J connectivity index is 1.81. The Morgan fingerprint density at radius 1 is 1.25 bits per heavy atom. The van der Waals surface area contributed by atoms with Crippen LogP contribution in [0.15, 0.2) is 30.5 Å². The number of anilines is 1. The Bertz CT molecular complexity index is 837. The third kappa shape index (κ3) is 4.78. The van der Waals surface area contributed by atoms with E-state index in [0.717, 1.165) is 31.4 Å². The first-order valence-corrected chi connectivity index (χ1v) is 8.90. The first-order chi connectivity index (χ1) is 13.4. The van der Waals surface area contributed by atoms with Gasteiger partial charge in [-0.05, 0) is 43.4 Å². The van der Waals surface area contributed by atoms with Crippen LogP contribution in [0.2, 0.25) is 0 Å². The van der Waals surface area contributed by atoms with Crippen molar-refractivity contribution >= 4 is 11.6 Å². The van der Waals surface area contributed by atoms with Crippen molar-refractivity contribution in [2.75, 3.05) is 25.6 Å². The number of halogens is 3. The van der Waals surface area contributed by atoms with Crippen LogP contribution in [0.3, 0.4) is 0 Å². The number of nitrogens with two attached hydrogens (primary N) is 1. The monoisotopic (exact) mass is 395 g/mol. The van der Waals surface area contributed by atoms with Crippen molar-refractivity contribution in [1.29, 1.82) is 0 Å². The largest absolute Gasteiger partial charge is 0.478 e. The van der Waals surface area contributed by atoms with E-state index in [-0.39, 0.29) is 17.3 Å². The smallest absolute Gasteiger partial charge is 0.418 e. The van der Waals surface area contributed by atoms with Gasteiger partial charge in [-0.25, -0.2) is 9.97 Å². The molecular weight excluding hydrogens is 375 g/mol. The zero-order chi connectivity index (χ0) is 20.1. The minimum atomic E-state index is -4.74. The number of hydrogen-bond donors (Lipinski definition) is 1. The van der Waals surface area contributed by atoms with Gasteiger partial charge in [-0.15, -0.1) is 0 Å². The lowest BCUT2D eigenvalue weighted by molar-refractivity contribution is -0.138. The molecule has 0 amide bonds. The second-order valence-corrected chi connectivity index (χ2v) is 6.50. The molecule has 1 saturated heterocycles. The standard InChI is InChI=1S/C19H20F3N3O3/c20-19(21,22)14-3-4-15(28-11-7-12-5-9-27-10-6-12)25-16(14)17(26)13-2-1-8-24-18(13)23/h1-4,8,12H,5-7,9-11H2,(H2,23,24). The first-order valence-electron chi connectivity index (χ1n) is 8.90. The number of alkyl halides is 3. The van der Waals surface area contributed by atoms with Crippen LogP contribution in [-0.4, -0.2) is 35.6 Å². The minimum absolute atomic E-state index is 0.0362. The summed E-state index contributed by atoms with van der Waals surface area (Å²) in [5, 5.41) is 0. The molecule has 1 fully saturated rings. The molecule has 0 aliphatic carbocycles. The van der Waals surface area contributed by atoms with Gasteiger partial charge in [0.25, 0.3) is 0 Å². The van der Waals surface area contributed by atoms with Crippen molar-refractivity contribution in [3.8, 4) is 5.88 Å².